The van der Waals surface area contributed by atoms with Crippen molar-refractivity contribution in [1.29, 1.82) is 5.26 Å². The maximum atomic E-state index is 13.1. The maximum absolute atomic E-state index is 13.1. The van der Waals surface area contributed by atoms with Crippen LogP contribution in [0.15, 0.2) is 60.7 Å². The van der Waals surface area contributed by atoms with Crippen LogP contribution >= 0.6 is 0 Å². The third kappa shape index (κ3) is 3.56. The number of carbonyl (C=O) groups is 1. The lowest BCUT2D eigenvalue weighted by atomic mass is 10.1. The number of nitrogens with zero attached hydrogens (tertiary/aromatic N) is 3. The van der Waals surface area contributed by atoms with E-state index in [0.29, 0.717) is 16.8 Å². The molecule has 0 N–H and O–H groups in total. The summed E-state index contributed by atoms with van der Waals surface area (Å²) in [4.78, 5) is 13.1. The Morgan fingerprint density at radius 2 is 1.76 bits per heavy atom. The van der Waals surface area contributed by atoms with Gasteiger partial charge in [0.15, 0.2) is 0 Å². The fourth-order valence-corrected chi connectivity index (χ4v) is 2.64. The normalized spacial score (nSPS) is 11.2. The van der Waals surface area contributed by atoms with Crippen molar-refractivity contribution in [1.82, 2.24) is 9.78 Å². The van der Waals surface area contributed by atoms with Gasteiger partial charge >= 0.3 is 0 Å². The molecule has 0 fully saturated rings. The zero-order chi connectivity index (χ0) is 17.8. The van der Waals surface area contributed by atoms with Gasteiger partial charge in [-0.05, 0) is 43.7 Å². The van der Waals surface area contributed by atoms with Crippen molar-refractivity contribution < 1.29 is 4.79 Å². The highest BCUT2D eigenvalue weighted by atomic mass is 16.1. The maximum Gasteiger partial charge on any atom is 0.211 e. The molecule has 0 atom stereocenters. The SMILES string of the molecule is Cc1cc(C)n(/C(=C\c2ccc(C#N)cc2)C(=O)c2ccccc2)n1. The van der Waals surface area contributed by atoms with Crippen LogP contribution in [0.25, 0.3) is 11.8 Å². The number of ketones is 1. The molecule has 4 nitrogen and oxygen atoms in total. The van der Waals surface area contributed by atoms with Gasteiger partial charge in [-0.25, -0.2) is 4.68 Å². The molecule has 25 heavy (non-hydrogen) atoms. The molecule has 0 saturated heterocycles. The van der Waals surface area contributed by atoms with E-state index in [1.54, 1.807) is 35.0 Å². The first-order chi connectivity index (χ1) is 12.1. The molecule has 0 saturated carbocycles. The average molecular weight is 327 g/mol. The monoisotopic (exact) mass is 327 g/mol. The van der Waals surface area contributed by atoms with Crippen LogP contribution in [0.1, 0.15) is 32.9 Å². The largest absolute Gasteiger partial charge is 0.287 e. The molecule has 122 valence electrons. The van der Waals surface area contributed by atoms with E-state index >= 15 is 0 Å². The lowest BCUT2D eigenvalue weighted by molar-refractivity contribution is 0.105. The quantitative estimate of drug-likeness (QED) is 0.531. The van der Waals surface area contributed by atoms with Gasteiger partial charge in [0.2, 0.25) is 5.78 Å². The van der Waals surface area contributed by atoms with Crippen molar-refractivity contribution in [3.8, 4) is 6.07 Å². The van der Waals surface area contributed by atoms with Gasteiger partial charge in [0, 0.05) is 11.3 Å². The Balaban J connectivity index is 2.11. The first-order valence-electron chi connectivity index (χ1n) is 7.94. The highest BCUT2D eigenvalue weighted by Crippen LogP contribution is 2.20. The lowest BCUT2D eigenvalue weighted by Crippen LogP contribution is -2.12. The third-order valence-corrected chi connectivity index (χ3v) is 3.85. The first-order valence-corrected chi connectivity index (χ1v) is 7.94. The van der Waals surface area contributed by atoms with Crippen molar-refractivity contribution >= 4 is 17.6 Å². The summed E-state index contributed by atoms with van der Waals surface area (Å²) in [7, 11) is 0. The predicted octanol–water partition coefficient (Wildman–Crippen LogP) is 4.25. The van der Waals surface area contributed by atoms with Crippen molar-refractivity contribution in [2.75, 3.05) is 0 Å². The van der Waals surface area contributed by atoms with Crippen molar-refractivity contribution in [2.45, 2.75) is 13.8 Å². The predicted molar refractivity (Wildman–Crippen MR) is 97.8 cm³/mol. The summed E-state index contributed by atoms with van der Waals surface area (Å²) in [6, 6.07) is 20.3. The number of benzene rings is 2. The number of allylic oxidation sites excluding steroid dienone is 1. The third-order valence-electron chi connectivity index (χ3n) is 3.85. The minimum Gasteiger partial charge on any atom is -0.287 e. The molecule has 0 radical (unpaired) electrons. The summed E-state index contributed by atoms with van der Waals surface area (Å²) in [5, 5.41) is 13.4. The molecule has 0 aliphatic heterocycles. The number of aryl methyl sites for hydroxylation is 2. The Kier molecular flexibility index (Phi) is 4.58. The van der Waals surface area contributed by atoms with Crippen LogP contribution in [0.5, 0.6) is 0 Å². The molecule has 4 heteroatoms. The second-order valence-electron chi connectivity index (χ2n) is 5.80. The van der Waals surface area contributed by atoms with E-state index in [-0.39, 0.29) is 5.78 Å². The van der Waals surface area contributed by atoms with Gasteiger partial charge in [0.1, 0.15) is 5.70 Å². The summed E-state index contributed by atoms with van der Waals surface area (Å²) in [5.74, 6) is -0.101. The van der Waals surface area contributed by atoms with Crippen LogP contribution in [0, 0.1) is 25.2 Å². The van der Waals surface area contributed by atoms with E-state index in [1.807, 2.05) is 50.2 Å². The van der Waals surface area contributed by atoms with Crippen LogP contribution in [0.4, 0.5) is 0 Å². The van der Waals surface area contributed by atoms with E-state index in [9.17, 15) is 4.79 Å². The molecular weight excluding hydrogens is 310 g/mol. The summed E-state index contributed by atoms with van der Waals surface area (Å²) in [6.45, 7) is 3.82. The summed E-state index contributed by atoms with van der Waals surface area (Å²) < 4.78 is 1.67. The molecule has 0 unspecified atom stereocenters. The standard InChI is InChI=1S/C21H17N3O/c1-15-12-16(2)24(23-15)20(21(25)19-6-4-3-5-7-19)13-17-8-10-18(14-22)11-9-17/h3-13H,1-2H3/b20-13-. The van der Waals surface area contributed by atoms with E-state index in [2.05, 4.69) is 11.2 Å². The number of Topliss-reactive ketones (excluding diaryl/α,β-unsaturated/α-hetero) is 1. The minimum atomic E-state index is -0.101. The fraction of sp³-hybridized carbons (Fsp3) is 0.0952. The Hall–Kier alpha value is -3.45. The summed E-state index contributed by atoms with van der Waals surface area (Å²) in [6.07, 6.45) is 1.80. The molecule has 1 heterocycles. The number of hydrogen-bond donors (Lipinski definition) is 0. The molecular formula is C21H17N3O. The van der Waals surface area contributed by atoms with Gasteiger partial charge < -0.3 is 0 Å². The molecule has 0 bridgehead atoms. The first kappa shape index (κ1) is 16.4. The lowest BCUT2D eigenvalue weighted by Gasteiger charge is -2.10. The highest BCUT2D eigenvalue weighted by molar-refractivity contribution is 6.27. The van der Waals surface area contributed by atoms with Crippen molar-refractivity contribution in [3.05, 3.63) is 88.7 Å². The van der Waals surface area contributed by atoms with Crippen molar-refractivity contribution in [2.24, 2.45) is 0 Å². The van der Waals surface area contributed by atoms with Gasteiger partial charge in [-0.3, -0.25) is 4.79 Å². The van der Waals surface area contributed by atoms with Gasteiger partial charge in [0.05, 0.1) is 17.3 Å². The van der Waals surface area contributed by atoms with Crippen LogP contribution in [-0.4, -0.2) is 15.6 Å². The van der Waals surface area contributed by atoms with Crippen LogP contribution in [0.3, 0.4) is 0 Å². The van der Waals surface area contributed by atoms with Crippen LogP contribution < -0.4 is 0 Å². The second-order valence-corrected chi connectivity index (χ2v) is 5.80. The van der Waals surface area contributed by atoms with Gasteiger partial charge in [-0.1, -0.05) is 42.5 Å². The molecule has 0 spiro atoms. The highest BCUT2D eigenvalue weighted by Gasteiger charge is 2.17. The van der Waals surface area contributed by atoms with E-state index < -0.39 is 0 Å². The van der Waals surface area contributed by atoms with E-state index in [1.165, 1.54) is 0 Å². The number of carbonyl (C=O) groups excluding carboxylic acids is 1. The molecule has 3 rings (SSSR count). The van der Waals surface area contributed by atoms with Crippen LogP contribution in [0.2, 0.25) is 0 Å². The molecule has 2 aromatic carbocycles. The average Bonchev–Trinajstić information content (AvgIpc) is 2.98. The number of nitriles is 1. The number of aromatic nitrogens is 2. The minimum absolute atomic E-state index is 0.101. The Morgan fingerprint density at radius 1 is 1.08 bits per heavy atom. The smallest absolute Gasteiger partial charge is 0.211 e. The number of rotatable bonds is 4. The fourth-order valence-electron chi connectivity index (χ4n) is 2.64. The van der Waals surface area contributed by atoms with Gasteiger partial charge in [-0.2, -0.15) is 10.4 Å². The van der Waals surface area contributed by atoms with Gasteiger partial charge in [0.25, 0.3) is 0 Å². The summed E-state index contributed by atoms with van der Waals surface area (Å²) >= 11 is 0. The zero-order valence-corrected chi connectivity index (χ0v) is 14.1. The Bertz CT molecular complexity index is 974. The molecule has 0 aliphatic rings. The van der Waals surface area contributed by atoms with Gasteiger partial charge in [-0.15, -0.1) is 0 Å². The van der Waals surface area contributed by atoms with Crippen molar-refractivity contribution in [3.63, 3.8) is 0 Å². The molecule has 1 aromatic heterocycles. The van der Waals surface area contributed by atoms with Crippen LogP contribution in [-0.2, 0) is 0 Å². The number of hydrogen-bond acceptors (Lipinski definition) is 3. The zero-order valence-electron chi connectivity index (χ0n) is 14.1. The molecule has 0 amide bonds. The Labute approximate surface area is 146 Å². The van der Waals surface area contributed by atoms with E-state index in [4.69, 9.17) is 5.26 Å². The second kappa shape index (κ2) is 6.98. The summed E-state index contributed by atoms with van der Waals surface area (Å²) in [5.41, 5.74) is 4.24. The molecule has 0 aliphatic carbocycles. The topological polar surface area (TPSA) is 58.7 Å². The molecule has 3 aromatic rings. The Morgan fingerprint density at radius 3 is 2.32 bits per heavy atom. The van der Waals surface area contributed by atoms with E-state index in [0.717, 1.165) is 17.0 Å².